The van der Waals surface area contributed by atoms with Crippen molar-refractivity contribution in [2.75, 3.05) is 99.9 Å². The van der Waals surface area contributed by atoms with Crippen molar-refractivity contribution in [2.24, 2.45) is 11.8 Å². The number of ether oxygens (including phenoxy) is 1. The molecule has 5 fully saturated rings. The molecule has 13 rings (SSSR count). The van der Waals surface area contributed by atoms with E-state index in [2.05, 4.69) is 45.5 Å². The highest BCUT2D eigenvalue weighted by atomic mass is 19.3. The van der Waals surface area contributed by atoms with Crippen molar-refractivity contribution in [1.82, 2.24) is 39.7 Å². The quantitative estimate of drug-likeness (QED) is 0.199. The maximum Gasteiger partial charge on any atom is 0.265 e. The highest BCUT2D eigenvalue weighted by Crippen LogP contribution is 2.52. The number of hydrogen-bond acceptors (Lipinski definition) is 13. The van der Waals surface area contributed by atoms with Crippen molar-refractivity contribution in [3.05, 3.63) is 87.9 Å². The number of anilines is 5. The predicted octanol–water partition coefficient (Wildman–Crippen LogP) is 5.51. The van der Waals surface area contributed by atoms with E-state index in [0.29, 0.717) is 74.5 Å². The highest BCUT2D eigenvalue weighted by molar-refractivity contribution is 6.23. The predicted molar refractivity (Wildman–Crippen MR) is 270 cm³/mol. The van der Waals surface area contributed by atoms with Gasteiger partial charge in [-0.1, -0.05) is 0 Å². The summed E-state index contributed by atoms with van der Waals surface area (Å²) in [6.45, 7) is 12.9. The molecule has 2 aromatic heterocycles. The molecule has 9 aliphatic heterocycles. The molecule has 0 radical (unpaired) electrons. The molecule has 4 aromatic rings. The molecule has 0 saturated carbocycles. The fraction of sp³-hybridized carbons (Fsp3) is 0.545. The van der Waals surface area contributed by atoms with Gasteiger partial charge in [-0.05, 0) is 111 Å². The molecule has 9 aliphatic rings. The van der Waals surface area contributed by atoms with Crippen LogP contribution in [-0.4, -0.2) is 155 Å². The maximum absolute atomic E-state index is 15.6. The zero-order valence-electron chi connectivity index (χ0n) is 41.9. The number of fused-ring (bicyclic) bond motifs is 5. The Morgan fingerprint density at radius 1 is 0.811 bits per heavy atom. The average molecular weight is 1010 g/mol. The van der Waals surface area contributed by atoms with E-state index in [1.807, 2.05) is 29.4 Å². The summed E-state index contributed by atoms with van der Waals surface area (Å²) in [5.41, 5.74) is 7.95. The smallest absolute Gasteiger partial charge is 0.265 e. The molecule has 11 heterocycles. The summed E-state index contributed by atoms with van der Waals surface area (Å²) in [5.74, 6) is -0.112. The van der Waals surface area contributed by atoms with Gasteiger partial charge in [0.25, 0.3) is 18.2 Å². The maximum atomic E-state index is 15.6. The Labute approximate surface area is 428 Å². The first-order valence-electron chi connectivity index (χ1n) is 26.8. The van der Waals surface area contributed by atoms with E-state index >= 15 is 8.78 Å². The van der Waals surface area contributed by atoms with Gasteiger partial charge in [0.1, 0.15) is 6.04 Å². The van der Waals surface area contributed by atoms with Gasteiger partial charge in [-0.15, -0.1) is 0 Å². The summed E-state index contributed by atoms with van der Waals surface area (Å²) in [4.78, 5) is 82.5. The van der Waals surface area contributed by atoms with Crippen LogP contribution in [0, 0.1) is 11.8 Å². The van der Waals surface area contributed by atoms with Gasteiger partial charge in [0, 0.05) is 138 Å². The Bertz CT molecular complexity index is 2960. The molecule has 1 atom stereocenters. The number of imide groups is 2. The molecule has 0 bridgehead atoms. The van der Waals surface area contributed by atoms with Crippen molar-refractivity contribution in [3.8, 4) is 0 Å². The summed E-state index contributed by atoms with van der Waals surface area (Å²) in [6, 6.07) is 10.4. The fourth-order valence-electron chi connectivity index (χ4n) is 14.0. The minimum atomic E-state index is -2.70. The fourth-order valence-corrected chi connectivity index (χ4v) is 14.0. The third kappa shape index (κ3) is 8.06. The minimum Gasteiger partial charge on any atom is -0.381 e. The van der Waals surface area contributed by atoms with Gasteiger partial charge in [0.15, 0.2) is 5.82 Å². The number of aryl methyl sites for hydroxylation is 1. The molecule has 2 aromatic carbocycles. The van der Waals surface area contributed by atoms with Crippen molar-refractivity contribution in [3.63, 3.8) is 0 Å². The molecule has 1 N–H and O–H groups in total. The molecule has 5 amide bonds. The normalized spacial score (nSPS) is 23.6. The third-order valence-corrected chi connectivity index (χ3v) is 17.8. The molecule has 19 heteroatoms. The Morgan fingerprint density at radius 2 is 1.59 bits per heavy atom. The number of carbonyl (C=O) groups is 5. The van der Waals surface area contributed by atoms with Crippen LogP contribution in [0.5, 0.6) is 0 Å². The van der Waals surface area contributed by atoms with Crippen LogP contribution in [0.1, 0.15) is 113 Å². The van der Waals surface area contributed by atoms with Gasteiger partial charge < -0.3 is 34.1 Å². The number of benzene rings is 2. The van der Waals surface area contributed by atoms with Crippen LogP contribution in [0.25, 0.3) is 0 Å². The second-order valence-corrected chi connectivity index (χ2v) is 22.4. The lowest BCUT2D eigenvalue weighted by Crippen LogP contribution is -2.62. The van der Waals surface area contributed by atoms with E-state index in [0.717, 1.165) is 135 Å². The molecule has 388 valence electrons. The van der Waals surface area contributed by atoms with Gasteiger partial charge in [-0.25, -0.2) is 8.78 Å². The number of nitrogens with zero attached hydrogens (tertiary/aromatic N) is 10. The Balaban J connectivity index is 0.642. The first kappa shape index (κ1) is 47.4. The number of piperidine rings is 2. The van der Waals surface area contributed by atoms with E-state index < -0.39 is 36.1 Å². The number of halogens is 2. The lowest BCUT2D eigenvalue weighted by molar-refractivity contribution is -0.136. The van der Waals surface area contributed by atoms with Crippen molar-refractivity contribution in [1.29, 1.82) is 0 Å². The molecule has 17 nitrogen and oxygen atoms in total. The number of carbonyl (C=O) groups excluding carboxylic acids is 5. The van der Waals surface area contributed by atoms with Gasteiger partial charge >= 0.3 is 0 Å². The number of amides is 5. The first-order valence-corrected chi connectivity index (χ1v) is 26.8. The number of hydrogen-bond donors (Lipinski definition) is 1. The topological polar surface area (TPSA) is 160 Å². The van der Waals surface area contributed by atoms with Crippen LogP contribution in [0.4, 0.5) is 37.3 Å². The number of pyridine rings is 1. The van der Waals surface area contributed by atoms with Crippen LogP contribution < -0.4 is 20.0 Å². The minimum absolute atomic E-state index is 0.0145. The summed E-state index contributed by atoms with van der Waals surface area (Å²) in [5, 5.41) is 7.54. The molecule has 1 unspecified atom stereocenters. The van der Waals surface area contributed by atoms with Gasteiger partial charge in [0.05, 0.1) is 41.3 Å². The average Bonchev–Trinajstić information content (AvgIpc) is 4.02. The SMILES string of the molecule is CC(=O)N1CCc2c(c(N3CCCc4cc(N5CC6(CN(CC7CCN(CC8CN(c9ccc%10c(c9)C(=O)N(C9CCC(=O)NC9=O)C%10=O)C8)CC7)C6)c6ccncc65)c(C(F)F)cc43)nn2C2CCOCC2)C1. The number of likely N-dealkylation sites (tertiary alicyclic amines) is 2. The highest BCUT2D eigenvalue weighted by Gasteiger charge is 2.53. The molecule has 74 heavy (non-hydrogen) atoms. The van der Waals surface area contributed by atoms with Crippen molar-refractivity contribution >= 4 is 58.1 Å². The summed E-state index contributed by atoms with van der Waals surface area (Å²) >= 11 is 0. The van der Waals surface area contributed by atoms with E-state index in [4.69, 9.17) is 9.84 Å². The summed E-state index contributed by atoms with van der Waals surface area (Å²) < 4.78 is 39.0. The number of rotatable bonds is 10. The molecular formula is C55H63F2N11O6. The molecular weight excluding hydrogens is 949 g/mol. The second kappa shape index (κ2) is 18.5. The zero-order chi connectivity index (χ0) is 50.6. The molecule has 1 spiro atoms. The van der Waals surface area contributed by atoms with Gasteiger partial charge in [-0.2, -0.15) is 5.10 Å². The van der Waals surface area contributed by atoms with Crippen LogP contribution in [0.2, 0.25) is 0 Å². The Kier molecular flexibility index (Phi) is 11.9. The number of alkyl halides is 2. The Morgan fingerprint density at radius 3 is 2.36 bits per heavy atom. The van der Waals surface area contributed by atoms with E-state index in [1.165, 1.54) is 5.56 Å². The first-order chi connectivity index (χ1) is 35.9. The standard InChI is InChI=1S/C55H63F2N11O6/c1-33(69)63-18-11-44-42(29-63)51(60-68(44)37-12-19-74-20-13-37)65-15-2-3-36-21-47(41(50(56)57)23-46(36)65)66-32-55(43-8-14-58-24-48(43)66)30-62(31-55)25-34-9-16-61(17-10-34)26-35-27-64(28-35)38-4-5-39-40(22-38)54(73)67(53(39)72)45-6-7-49(70)59-52(45)71/h4-5,8,14,21-24,34-35,37,45,50H,2-3,6-7,9-13,15-20,25-32H2,1H3,(H,59,70,71). The van der Waals surface area contributed by atoms with Crippen LogP contribution in [0.15, 0.2) is 48.8 Å². The van der Waals surface area contributed by atoms with Crippen LogP contribution in [0.3, 0.4) is 0 Å². The zero-order valence-corrected chi connectivity index (χ0v) is 41.9. The lowest BCUT2D eigenvalue weighted by atomic mass is 9.75. The van der Waals surface area contributed by atoms with Crippen molar-refractivity contribution in [2.45, 2.75) is 95.2 Å². The third-order valence-electron chi connectivity index (χ3n) is 17.8. The van der Waals surface area contributed by atoms with E-state index in [9.17, 15) is 24.0 Å². The van der Waals surface area contributed by atoms with E-state index in [-0.39, 0.29) is 35.8 Å². The Hall–Kier alpha value is -6.31. The summed E-state index contributed by atoms with van der Waals surface area (Å²) in [6.07, 6.45) is 7.51. The van der Waals surface area contributed by atoms with Crippen LogP contribution in [-0.2, 0) is 43.9 Å². The lowest BCUT2D eigenvalue weighted by Gasteiger charge is -2.50. The molecule has 0 aliphatic carbocycles. The summed E-state index contributed by atoms with van der Waals surface area (Å²) in [7, 11) is 0. The number of nitrogens with one attached hydrogen (secondary N) is 1. The second-order valence-electron chi connectivity index (χ2n) is 22.4. The largest absolute Gasteiger partial charge is 0.381 e. The van der Waals surface area contributed by atoms with Crippen molar-refractivity contribution < 1.29 is 37.5 Å². The van der Waals surface area contributed by atoms with E-state index in [1.54, 1.807) is 25.1 Å². The van der Waals surface area contributed by atoms with Gasteiger partial charge in [-0.3, -0.25) is 43.9 Å². The monoisotopic (exact) mass is 1010 g/mol. The number of aromatic nitrogens is 3. The molecule has 5 saturated heterocycles. The van der Waals surface area contributed by atoms with Crippen LogP contribution >= 0.6 is 0 Å². The van der Waals surface area contributed by atoms with Gasteiger partial charge in [0.2, 0.25) is 17.7 Å².